The molecule has 0 N–H and O–H groups in total. The molecule has 6 heteroatoms. The van der Waals surface area contributed by atoms with Crippen LogP contribution < -0.4 is 4.74 Å². The molecule has 24 heavy (non-hydrogen) atoms. The molecule has 1 aromatic carbocycles. The van der Waals surface area contributed by atoms with E-state index in [0.717, 1.165) is 25.1 Å². The number of nitrogens with zero attached hydrogens (tertiary/aromatic N) is 3. The van der Waals surface area contributed by atoms with Crippen molar-refractivity contribution in [2.45, 2.75) is 39.2 Å². The summed E-state index contributed by atoms with van der Waals surface area (Å²) < 4.78 is 10.9. The predicted octanol–water partition coefficient (Wildman–Crippen LogP) is 3.01. The van der Waals surface area contributed by atoms with Crippen molar-refractivity contribution in [3.8, 4) is 5.75 Å². The van der Waals surface area contributed by atoms with Crippen LogP contribution in [-0.4, -0.2) is 34.0 Å². The van der Waals surface area contributed by atoms with Crippen molar-refractivity contribution in [1.82, 2.24) is 15.0 Å². The summed E-state index contributed by atoms with van der Waals surface area (Å²) in [7, 11) is 0. The van der Waals surface area contributed by atoms with Crippen molar-refractivity contribution in [2.75, 3.05) is 13.1 Å². The minimum atomic E-state index is 0.0175. The van der Waals surface area contributed by atoms with Gasteiger partial charge in [-0.2, -0.15) is 4.98 Å². The molecule has 0 bridgehead atoms. The molecular formula is C18H23N3O3. The smallest absolute Gasteiger partial charge is 0.264 e. The van der Waals surface area contributed by atoms with Gasteiger partial charge in [0.2, 0.25) is 5.91 Å². The van der Waals surface area contributed by atoms with Crippen LogP contribution >= 0.6 is 0 Å². The van der Waals surface area contributed by atoms with E-state index in [4.69, 9.17) is 9.26 Å². The maximum Gasteiger partial charge on any atom is 0.264 e. The second kappa shape index (κ2) is 7.47. The first-order valence-corrected chi connectivity index (χ1v) is 8.42. The molecule has 1 saturated heterocycles. The predicted molar refractivity (Wildman–Crippen MR) is 88.5 cm³/mol. The number of ether oxygens (including phenoxy) is 1. The van der Waals surface area contributed by atoms with Crippen molar-refractivity contribution >= 4 is 5.91 Å². The second-order valence-electron chi connectivity index (χ2n) is 6.43. The van der Waals surface area contributed by atoms with E-state index in [9.17, 15) is 4.79 Å². The summed E-state index contributed by atoms with van der Waals surface area (Å²) in [5.41, 5.74) is 0. The van der Waals surface area contributed by atoms with Crippen molar-refractivity contribution < 1.29 is 14.1 Å². The molecular weight excluding hydrogens is 306 g/mol. The number of para-hydroxylation sites is 1. The van der Waals surface area contributed by atoms with E-state index in [2.05, 4.69) is 10.1 Å². The van der Waals surface area contributed by atoms with Gasteiger partial charge in [0.05, 0.1) is 0 Å². The highest BCUT2D eigenvalue weighted by Gasteiger charge is 2.28. The van der Waals surface area contributed by atoms with Crippen LogP contribution in [0, 0.1) is 5.92 Å². The summed E-state index contributed by atoms with van der Waals surface area (Å²) in [6, 6.07) is 9.53. The van der Waals surface area contributed by atoms with E-state index in [1.165, 1.54) is 0 Å². The summed E-state index contributed by atoms with van der Waals surface area (Å²) in [5, 5.41) is 4.09. The Morgan fingerprint density at radius 2 is 2.17 bits per heavy atom. The van der Waals surface area contributed by atoms with Crippen LogP contribution in [0.1, 0.15) is 44.3 Å². The van der Waals surface area contributed by atoms with E-state index in [1.807, 2.05) is 49.1 Å². The zero-order valence-corrected chi connectivity index (χ0v) is 14.1. The number of carbonyl (C=O) groups is 1. The Labute approximate surface area is 141 Å². The molecule has 0 spiro atoms. The third-order valence-electron chi connectivity index (χ3n) is 4.18. The van der Waals surface area contributed by atoms with E-state index in [0.29, 0.717) is 18.3 Å². The Bertz CT molecular complexity index is 669. The molecule has 1 aliphatic heterocycles. The van der Waals surface area contributed by atoms with Gasteiger partial charge >= 0.3 is 0 Å². The maximum absolute atomic E-state index is 12.2. The van der Waals surface area contributed by atoms with Gasteiger partial charge in [-0.05, 0) is 25.0 Å². The van der Waals surface area contributed by atoms with Crippen LogP contribution in [0.25, 0.3) is 0 Å². The van der Waals surface area contributed by atoms with Crippen molar-refractivity contribution in [3.63, 3.8) is 0 Å². The lowest BCUT2D eigenvalue weighted by molar-refractivity contribution is -0.135. The van der Waals surface area contributed by atoms with Crippen molar-refractivity contribution in [1.29, 1.82) is 0 Å². The summed E-state index contributed by atoms with van der Waals surface area (Å²) in [5.74, 6) is 2.24. The van der Waals surface area contributed by atoms with E-state index in [-0.39, 0.29) is 24.3 Å². The number of likely N-dealkylation sites (tertiary alicyclic amines) is 1. The van der Waals surface area contributed by atoms with Gasteiger partial charge < -0.3 is 14.2 Å². The lowest BCUT2D eigenvalue weighted by Crippen LogP contribution is -2.41. The normalized spacial score (nSPS) is 18.0. The summed E-state index contributed by atoms with van der Waals surface area (Å²) in [4.78, 5) is 18.5. The summed E-state index contributed by atoms with van der Waals surface area (Å²) in [6.07, 6.45) is 1.94. The number of benzene rings is 1. The van der Waals surface area contributed by atoms with Crippen molar-refractivity contribution in [2.24, 2.45) is 5.92 Å². The molecule has 1 aromatic heterocycles. The third kappa shape index (κ3) is 3.93. The number of aromatic nitrogens is 2. The fourth-order valence-corrected chi connectivity index (χ4v) is 2.91. The van der Waals surface area contributed by atoms with Crippen LogP contribution in [0.2, 0.25) is 0 Å². The fourth-order valence-electron chi connectivity index (χ4n) is 2.91. The summed E-state index contributed by atoms with van der Waals surface area (Å²) >= 11 is 0. The Morgan fingerprint density at radius 3 is 2.92 bits per heavy atom. The number of carbonyl (C=O) groups excluding carboxylic acids is 1. The van der Waals surface area contributed by atoms with Gasteiger partial charge in [-0.15, -0.1) is 0 Å². The Kier molecular flexibility index (Phi) is 5.13. The molecule has 2 aromatic rings. The monoisotopic (exact) mass is 329 g/mol. The standard InChI is InChI=1S/C18H23N3O3/c1-13(2)18(22)21-10-6-7-14(11-21)17-19-16(24-20-17)12-23-15-8-4-3-5-9-15/h3-5,8-9,13-14H,6-7,10-12H2,1-2H3. The van der Waals surface area contributed by atoms with Crippen LogP contribution in [-0.2, 0) is 11.4 Å². The molecule has 3 rings (SSSR count). The molecule has 0 radical (unpaired) electrons. The summed E-state index contributed by atoms with van der Waals surface area (Å²) in [6.45, 7) is 5.59. The topological polar surface area (TPSA) is 68.5 Å². The average Bonchev–Trinajstić information content (AvgIpc) is 3.09. The zero-order chi connectivity index (χ0) is 16.9. The molecule has 1 atom stereocenters. The minimum absolute atomic E-state index is 0.0175. The molecule has 1 fully saturated rings. The highest BCUT2D eigenvalue weighted by molar-refractivity contribution is 5.78. The number of piperidine rings is 1. The largest absolute Gasteiger partial charge is 0.484 e. The average molecular weight is 329 g/mol. The number of hydrogen-bond acceptors (Lipinski definition) is 5. The first-order valence-electron chi connectivity index (χ1n) is 8.42. The van der Waals surface area contributed by atoms with Crippen LogP contribution in [0.5, 0.6) is 5.75 Å². The second-order valence-corrected chi connectivity index (χ2v) is 6.43. The van der Waals surface area contributed by atoms with E-state index >= 15 is 0 Å². The van der Waals surface area contributed by atoms with E-state index < -0.39 is 0 Å². The van der Waals surface area contributed by atoms with Crippen molar-refractivity contribution in [3.05, 3.63) is 42.0 Å². The highest BCUT2D eigenvalue weighted by atomic mass is 16.5. The van der Waals surface area contributed by atoms with Gasteiger partial charge in [-0.25, -0.2) is 0 Å². The first-order chi connectivity index (χ1) is 11.6. The molecule has 1 unspecified atom stereocenters. The van der Waals surface area contributed by atoms with Crippen LogP contribution in [0.4, 0.5) is 0 Å². The van der Waals surface area contributed by atoms with Gasteiger partial charge in [-0.3, -0.25) is 4.79 Å². The molecule has 128 valence electrons. The van der Waals surface area contributed by atoms with Gasteiger partial charge in [0, 0.05) is 24.9 Å². The number of amides is 1. The molecule has 0 saturated carbocycles. The lowest BCUT2D eigenvalue weighted by atomic mass is 9.96. The lowest BCUT2D eigenvalue weighted by Gasteiger charge is -2.32. The Morgan fingerprint density at radius 1 is 1.38 bits per heavy atom. The van der Waals surface area contributed by atoms with Gasteiger partial charge in [0.25, 0.3) is 5.89 Å². The van der Waals surface area contributed by atoms with Gasteiger partial charge in [0.1, 0.15) is 5.75 Å². The van der Waals surface area contributed by atoms with Crippen LogP contribution in [0.15, 0.2) is 34.9 Å². The Balaban J connectivity index is 1.59. The quantitative estimate of drug-likeness (QED) is 0.843. The third-order valence-corrected chi connectivity index (χ3v) is 4.18. The molecule has 2 heterocycles. The molecule has 6 nitrogen and oxygen atoms in total. The molecule has 0 aliphatic carbocycles. The minimum Gasteiger partial charge on any atom is -0.484 e. The maximum atomic E-state index is 12.2. The Hall–Kier alpha value is -2.37. The van der Waals surface area contributed by atoms with Gasteiger partial charge in [-0.1, -0.05) is 37.2 Å². The van der Waals surface area contributed by atoms with Gasteiger partial charge in [0.15, 0.2) is 12.4 Å². The molecule has 1 amide bonds. The highest BCUT2D eigenvalue weighted by Crippen LogP contribution is 2.26. The number of hydrogen-bond donors (Lipinski definition) is 0. The first kappa shape index (κ1) is 16.5. The fraction of sp³-hybridized carbons (Fsp3) is 0.500. The van der Waals surface area contributed by atoms with Crippen LogP contribution in [0.3, 0.4) is 0 Å². The molecule has 1 aliphatic rings. The van der Waals surface area contributed by atoms with E-state index in [1.54, 1.807) is 0 Å². The SMILES string of the molecule is CC(C)C(=O)N1CCCC(c2noc(COc3ccccc3)n2)C1. The number of rotatable bonds is 5. The zero-order valence-electron chi connectivity index (χ0n) is 14.1.